The van der Waals surface area contributed by atoms with Gasteiger partial charge >= 0.3 is 11.8 Å². The highest BCUT2D eigenvalue weighted by Gasteiger charge is 2.26. The maximum Gasteiger partial charge on any atom is 0.309 e. The van der Waals surface area contributed by atoms with E-state index in [0.29, 0.717) is 11.6 Å². The molecule has 0 radical (unpaired) electrons. The van der Waals surface area contributed by atoms with Crippen LogP contribution < -0.4 is 10.6 Å². The van der Waals surface area contributed by atoms with Crippen molar-refractivity contribution in [2.45, 2.75) is 6.04 Å². The summed E-state index contributed by atoms with van der Waals surface area (Å²) in [7, 11) is 0. The van der Waals surface area contributed by atoms with Crippen LogP contribution in [0.3, 0.4) is 0 Å². The summed E-state index contributed by atoms with van der Waals surface area (Å²) in [4.78, 5) is 22.0. The van der Waals surface area contributed by atoms with Crippen LogP contribution in [0.2, 0.25) is 5.02 Å². The number of hydrogen-bond donors (Lipinski definition) is 2. The van der Waals surface area contributed by atoms with Crippen LogP contribution in [-0.4, -0.2) is 18.4 Å². The third-order valence-electron chi connectivity index (χ3n) is 2.26. The molecule has 1 fully saturated rings. The Labute approximate surface area is 91.6 Å². The van der Waals surface area contributed by atoms with Crippen molar-refractivity contribution in [1.82, 2.24) is 10.6 Å². The molecule has 1 unspecified atom stereocenters. The topological polar surface area (TPSA) is 58.2 Å². The molecule has 2 rings (SSSR count). The van der Waals surface area contributed by atoms with Gasteiger partial charge in [0.25, 0.3) is 0 Å². The minimum absolute atomic E-state index is 0.246. The molecule has 0 saturated carbocycles. The van der Waals surface area contributed by atoms with E-state index in [-0.39, 0.29) is 6.04 Å². The molecule has 15 heavy (non-hydrogen) atoms. The van der Waals surface area contributed by atoms with Gasteiger partial charge in [0.05, 0.1) is 6.04 Å². The molecule has 78 valence electrons. The lowest BCUT2D eigenvalue weighted by atomic mass is 10.1. The Hall–Kier alpha value is -1.55. The third-order valence-corrected chi connectivity index (χ3v) is 2.60. The number of rotatable bonds is 1. The Morgan fingerprint density at radius 3 is 2.60 bits per heavy atom. The molecule has 4 nitrogen and oxygen atoms in total. The van der Waals surface area contributed by atoms with Crippen LogP contribution in [0.5, 0.6) is 0 Å². The highest BCUT2D eigenvalue weighted by Crippen LogP contribution is 2.22. The van der Waals surface area contributed by atoms with Crippen molar-refractivity contribution >= 4 is 23.4 Å². The zero-order valence-electron chi connectivity index (χ0n) is 7.79. The average Bonchev–Trinajstić information content (AvgIpc) is 2.23. The number of amides is 2. The van der Waals surface area contributed by atoms with E-state index >= 15 is 0 Å². The van der Waals surface area contributed by atoms with Crippen molar-refractivity contribution in [1.29, 1.82) is 0 Å². The average molecular weight is 225 g/mol. The largest absolute Gasteiger partial charge is 0.345 e. The van der Waals surface area contributed by atoms with Crippen molar-refractivity contribution in [3.63, 3.8) is 0 Å². The lowest BCUT2D eigenvalue weighted by Crippen LogP contribution is -2.51. The maximum atomic E-state index is 11.1. The molecule has 1 aromatic carbocycles. The lowest BCUT2D eigenvalue weighted by molar-refractivity contribution is -0.141. The van der Waals surface area contributed by atoms with Gasteiger partial charge in [0.15, 0.2) is 0 Å². The summed E-state index contributed by atoms with van der Waals surface area (Å²) in [6.07, 6.45) is 0. The number of piperazine rings is 1. The number of carbonyl (C=O) groups is 2. The number of carbonyl (C=O) groups excluding carboxylic acids is 2. The predicted molar refractivity (Wildman–Crippen MR) is 55.3 cm³/mol. The first kappa shape index (κ1) is 9.98. The minimum Gasteiger partial charge on any atom is -0.345 e. The molecule has 5 heteroatoms. The Morgan fingerprint density at radius 1 is 1.20 bits per heavy atom. The van der Waals surface area contributed by atoms with E-state index in [2.05, 4.69) is 10.6 Å². The molecular weight excluding hydrogens is 216 g/mol. The van der Waals surface area contributed by atoms with E-state index in [1.165, 1.54) is 0 Å². The van der Waals surface area contributed by atoms with Crippen LogP contribution in [0.15, 0.2) is 24.3 Å². The second kappa shape index (κ2) is 3.90. The fourth-order valence-corrected chi connectivity index (χ4v) is 1.76. The first-order valence-electron chi connectivity index (χ1n) is 4.51. The van der Waals surface area contributed by atoms with Gasteiger partial charge in [-0.2, -0.15) is 0 Å². The van der Waals surface area contributed by atoms with E-state index in [1.54, 1.807) is 6.07 Å². The summed E-state index contributed by atoms with van der Waals surface area (Å²) >= 11 is 5.98. The molecule has 1 aliphatic heterocycles. The maximum absolute atomic E-state index is 11.1. The summed E-state index contributed by atoms with van der Waals surface area (Å²) < 4.78 is 0. The third kappa shape index (κ3) is 1.94. The molecule has 0 spiro atoms. The Bertz CT molecular complexity index is 420. The molecule has 2 amide bonds. The van der Waals surface area contributed by atoms with E-state index in [9.17, 15) is 9.59 Å². The summed E-state index contributed by atoms with van der Waals surface area (Å²) in [6.45, 7) is 0.369. The molecule has 1 aliphatic rings. The zero-order valence-corrected chi connectivity index (χ0v) is 8.54. The molecule has 1 heterocycles. The smallest absolute Gasteiger partial charge is 0.309 e. The second-order valence-electron chi connectivity index (χ2n) is 3.26. The lowest BCUT2D eigenvalue weighted by Gasteiger charge is -2.24. The Kier molecular flexibility index (Phi) is 2.60. The number of nitrogens with one attached hydrogen (secondary N) is 2. The quantitative estimate of drug-likeness (QED) is 0.688. The normalized spacial score (nSPS) is 20.7. The van der Waals surface area contributed by atoms with Crippen LogP contribution in [0.4, 0.5) is 0 Å². The van der Waals surface area contributed by atoms with Gasteiger partial charge in [0.1, 0.15) is 0 Å². The highest BCUT2D eigenvalue weighted by atomic mass is 35.5. The zero-order chi connectivity index (χ0) is 10.8. The van der Waals surface area contributed by atoms with E-state index < -0.39 is 11.8 Å². The Morgan fingerprint density at radius 2 is 1.93 bits per heavy atom. The van der Waals surface area contributed by atoms with Crippen LogP contribution >= 0.6 is 11.6 Å². The van der Waals surface area contributed by atoms with Crippen LogP contribution in [0, 0.1) is 0 Å². The van der Waals surface area contributed by atoms with Crippen LogP contribution in [0.1, 0.15) is 11.6 Å². The summed E-state index contributed by atoms with van der Waals surface area (Å²) in [6, 6.07) is 6.98. The predicted octanol–water partition coefficient (Wildman–Crippen LogP) is 0.627. The van der Waals surface area contributed by atoms with Gasteiger partial charge in [0, 0.05) is 11.6 Å². The molecule has 0 bridgehead atoms. The minimum atomic E-state index is -0.619. The van der Waals surface area contributed by atoms with Crippen molar-refractivity contribution in [2.24, 2.45) is 0 Å². The standard InChI is InChI=1S/C10H9ClN2O2/c11-7-4-2-1-3-6(7)8-5-12-9(14)10(15)13-8/h1-4,8H,5H2,(H,12,14)(H,13,15). The number of benzene rings is 1. The molecule has 0 aromatic heterocycles. The molecule has 1 aromatic rings. The fourth-order valence-electron chi connectivity index (χ4n) is 1.50. The molecule has 1 atom stereocenters. The highest BCUT2D eigenvalue weighted by molar-refractivity contribution is 6.36. The van der Waals surface area contributed by atoms with E-state index in [0.717, 1.165) is 5.56 Å². The molecule has 2 N–H and O–H groups in total. The van der Waals surface area contributed by atoms with Gasteiger partial charge in [-0.05, 0) is 11.6 Å². The number of halogens is 1. The van der Waals surface area contributed by atoms with Crippen molar-refractivity contribution in [3.05, 3.63) is 34.9 Å². The van der Waals surface area contributed by atoms with Crippen LogP contribution in [-0.2, 0) is 9.59 Å². The van der Waals surface area contributed by atoms with Gasteiger partial charge < -0.3 is 10.6 Å². The summed E-state index contributed by atoms with van der Waals surface area (Å²) in [5, 5.41) is 5.67. The van der Waals surface area contributed by atoms with Gasteiger partial charge in [-0.3, -0.25) is 9.59 Å². The van der Waals surface area contributed by atoms with Crippen molar-refractivity contribution in [2.75, 3.05) is 6.54 Å². The van der Waals surface area contributed by atoms with Crippen LogP contribution in [0.25, 0.3) is 0 Å². The number of hydrogen-bond acceptors (Lipinski definition) is 2. The van der Waals surface area contributed by atoms with E-state index in [1.807, 2.05) is 18.2 Å². The van der Waals surface area contributed by atoms with Crippen molar-refractivity contribution in [3.8, 4) is 0 Å². The first-order valence-corrected chi connectivity index (χ1v) is 4.89. The second-order valence-corrected chi connectivity index (χ2v) is 3.66. The summed E-state index contributed by atoms with van der Waals surface area (Å²) in [5.41, 5.74) is 0.813. The monoisotopic (exact) mass is 224 g/mol. The van der Waals surface area contributed by atoms with Crippen molar-refractivity contribution < 1.29 is 9.59 Å². The molecule has 1 saturated heterocycles. The SMILES string of the molecule is O=C1NCC(c2ccccc2Cl)NC1=O. The molecule has 0 aliphatic carbocycles. The first-order chi connectivity index (χ1) is 7.18. The van der Waals surface area contributed by atoms with Gasteiger partial charge in [-0.15, -0.1) is 0 Å². The Balaban J connectivity index is 2.23. The van der Waals surface area contributed by atoms with Gasteiger partial charge in [-0.1, -0.05) is 29.8 Å². The summed E-state index contributed by atoms with van der Waals surface area (Å²) in [5.74, 6) is -1.22. The molecular formula is C10H9ClN2O2. The van der Waals surface area contributed by atoms with Gasteiger partial charge in [0.2, 0.25) is 0 Å². The van der Waals surface area contributed by atoms with Gasteiger partial charge in [-0.25, -0.2) is 0 Å². The fraction of sp³-hybridized carbons (Fsp3) is 0.200. The van der Waals surface area contributed by atoms with E-state index in [4.69, 9.17) is 11.6 Å².